The van der Waals surface area contributed by atoms with Crippen LogP contribution in [-0.4, -0.2) is 17.0 Å². The first-order chi connectivity index (χ1) is 6.86. The Labute approximate surface area is 91.7 Å². The van der Waals surface area contributed by atoms with Gasteiger partial charge in [-0.05, 0) is 18.9 Å². The first kappa shape index (κ1) is 12.2. The predicted molar refractivity (Wildman–Crippen MR) is 61.5 cm³/mol. The number of rotatable bonds is 3. The zero-order valence-corrected chi connectivity index (χ0v) is 9.95. The molecular weight excluding hydrogens is 188 g/mol. The molecule has 0 spiro atoms. The van der Waals surface area contributed by atoms with Crippen LogP contribution in [0.3, 0.4) is 0 Å². The van der Waals surface area contributed by atoms with Crippen molar-refractivity contribution in [2.45, 2.75) is 39.7 Å². The lowest BCUT2D eigenvalue weighted by molar-refractivity contribution is -0.111. The zero-order valence-electron chi connectivity index (χ0n) is 9.95. The number of aliphatic hydroxyl groups is 1. The van der Waals surface area contributed by atoms with Gasteiger partial charge >= 0.3 is 0 Å². The summed E-state index contributed by atoms with van der Waals surface area (Å²) >= 11 is 0. The third kappa shape index (κ3) is 1.91. The van der Waals surface area contributed by atoms with E-state index in [0.29, 0.717) is 0 Å². The zero-order chi connectivity index (χ0) is 11.7. The highest BCUT2D eigenvalue weighted by Gasteiger charge is 2.43. The van der Waals surface area contributed by atoms with Crippen LogP contribution in [0.4, 0.5) is 0 Å². The lowest BCUT2D eigenvalue weighted by Gasteiger charge is -2.43. The molecule has 2 nitrogen and oxygen atoms in total. The van der Waals surface area contributed by atoms with E-state index in [2.05, 4.69) is 0 Å². The Balaban J connectivity index is 3.14. The molecule has 1 N–H and O–H groups in total. The number of aldehydes is 1. The molecule has 0 bridgehead atoms. The van der Waals surface area contributed by atoms with Crippen LogP contribution in [0, 0.1) is 11.3 Å². The topological polar surface area (TPSA) is 37.3 Å². The molecule has 0 aliphatic heterocycles. The number of hydrogen-bond acceptors (Lipinski definition) is 2. The second kappa shape index (κ2) is 3.93. The molecule has 1 rings (SSSR count). The molecule has 15 heavy (non-hydrogen) atoms. The molecule has 1 aliphatic carbocycles. The van der Waals surface area contributed by atoms with E-state index in [1.54, 1.807) is 6.92 Å². The van der Waals surface area contributed by atoms with E-state index >= 15 is 0 Å². The van der Waals surface area contributed by atoms with Crippen molar-refractivity contribution in [3.63, 3.8) is 0 Å². The fourth-order valence-electron chi connectivity index (χ4n) is 1.96. The summed E-state index contributed by atoms with van der Waals surface area (Å²) in [5, 5.41) is 10.5. The summed E-state index contributed by atoms with van der Waals surface area (Å²) < 4.78 is 0. The molecule has 0 saturated carbocycles. The van der Waals surface area contributed by atoms with Crippen molar-refractivity contribution >= 4 is 6.29 Å². The van der Waals surface area contributed by atoms with E-state index < -0.39 is 5.60 Å². The Bertz CT molecular complexity index is 308. The minimum absolute atomic E-state index is 0.177. The molecule has 84 valence electrons. The van der Waals surface area contributed by atoms with Crippen LogP contribution in [0.15, 0.2) is 23.8 Å². The normalized spacial score (nSPS) is 30.9. The summed E-state index contributed by atoms with van der Waals surface area (Å²) in [6.07, 6.45) is 7.44. The van der Waals surface area contributed by atoms with Gasteiger partial charge in [0.2, 0.25) is 0 Å². The summed E-state index contributed by atoms with van der Waals surface area (Å²) in [7, 11) is 0. The van der Waals surface area contributed by atoms with Gasteiger partial charge in [-0.2, -0.15) is 0 Å². The van der Waals surface area contributed by atoms with Gasteiger partial charge in [-0.15, -0.1) is 0 Å². The molecule has 0 heterocycles. The van der Waals surface area contributed by atoms with Crippen LogP contribution in [0.5, 0.6) is 0 Å². The fourth-order valence-corrected chi connectivity index (χ4v) is 1.96. The second-order valence-electron chi connectivity index (χ2n) is 4.93. The van der Waals surface area contributed by atoms with Gasteiger partial charge in [0, 0.05) is 11.3 Å². The van der Waals surface area contributed by atoms with E-state index in [0.717, 1.165) is 18.3 Å². The highest BCUT2D eigenvalue weighted by molar-refractivity contribution is 5.61. The van der Waals surface area contributed by atoms with E-state index in [1.807, 2.05) is 39.0 Å². The van der Waals surface area contributed by atoms with Crippen molar-refractivity contribution in [3.8, 4) is 0 Å². The summed E-state index contributed by atoms with van der Waals surface area (Å²) in [5.74, 6) is -0.177. The second-order valence-corrected chi connectivity index (χ2v) is 4.93. The fraction of sp³-hybridized carbons (Fsp3) is 0.615. The standard InChI is InChI=1S/C13H20O2/c1-5-10(9-14)11-7-6-8-12(2,3)13(11,4)15/h6-10,15H,5H2,1-4H3. The molecule has 1 aliphatic rings. The third-order valence-corrected chi connectivity index (χ3v) is 3.61. The quantitative estimate of drug-likeness (QED) is 0.723. The molecule has 0 aromatic carbocycles. The minimum Gasteiger partial charge on any atom is -0.385 e. The maximum Gasteiger partial charge on any atom is 0.127 e. The molecule has 2 unspecified atom stereocenters. The maximum atomic E-state index is 11.0. The largest absolute Gasteiger partial charge is 0.385 e. The van der Waals surface area contributed by atoms with Crippen molar-refractivity contribution in [3.05, 3.63) is 23.8 Å². The highest BCUT2D eigenvalue weighted by Crippen LogP contribution is 2.43. The molecule has 0 saturated heterocycles. The first-order valence-corrected chi connectivity index (χ1v) is 5.44. The van der Waals surface area contributed by atoms with Gasteiger partial charge in [-0.3, -0.25) is 0 Å². The molecule has 2 atom stereocenters. The van der Waals surface area contributed by atoms with Crippen LogP contribution in [0.2, 0.25) is 0 Å². The van der Waals surface area contributed by atoms with Gasteiger partial charge in [0.1, 0.15) is 6.29 Å². The van der Waals surface area contributed by atoms with Gasteiger partial charge < -0.3 is 9.90 Å². The van der Waals surface area contributed by atoms with Crippen molar-refractivity contribution in [2.24, 2.45) is 11.3 Å². The Hall–Kier alpha value is -0.890. The lowest BCUT2D eigenvalue weighted by Crippen LogP contribution is -2.45. The highest BCUT2D eigenvalue weighted by atomic mass is 16.3. The molecule has 0 aromatic rings. The van der Waals surface area contributed by atoms with Gasteiger partial charge in [0.05, 0.1) is 5.60 Å². The van der Waals surface area contributed by atoms with Crippen molar-refractivity contribution in [1.82, 2.24) is 0 Å². The van der Waals surface area contributed by atoms with E-state index in [4.69, 9.17) is 0 Å². The van der Waals surface area contributed by atoms with Gasteiger partial charge in [-0.1, -0.05) is 39.0 Å². The third-order valence-electron chi connectivity index (χ3n) is 3.61. The summed E-state index contributed by atoms with van der Waals surface area (Å²) in [4.78, 5) is 11.0. The summed E-state index contributed by atoms with van der Waals surface area (Å²) in [5.41, 5.74) is -0.441. The average Bonchev–Trinajstić information content (AvgIpc) is 2.14. The molecule has 0 radical (unpaired) electrons. The van der Waals surface area contributed by atoms with Crippen LogP contribution >= 0.6 is 0 Å². The number of carbonyl (C=O) groups excluding carboxylic acids is 1. The van der Waals surface area contributed by atoms with Crippen LogP contribution in [0.1, 0.15) is 34.1 Å². The average molecular weight is 208 g/mol. The number of carbonyl (C=O) groups is 1. The summed E-state index contributed by atoms with van der Waals surface area (Å²) in [6, 6.07) is 0. The van der Waals surface area contributed by atoms with Gasteiger partial charge in [0.25, 0.3) is 0 Å². The van der Waals surface area contributed by atoms with Gasteiger partial charge in [0.15, 0.2) is 0 Å². The van der Waals surface area contributed by atoms with E-state index in [-0.39, 0.29) is 11.3 Å². The van der Waals surface area contributed by atoms with Crippen LogP contribution in [0.25, 0.3) is 0 Å². The van der Waals surface area contributed by atoms with E-state index in [1.165, 1.54) is 0 Å². The predicted octanol–water partition coefficient (Wildman–Crippen LogP) is 2.48. The van der Waals surface area contributed by atoms with Crippen molar-refractivity contribution in [2.75, 3.05) is 0 Å². The van der Waals surface area contributed by atoms with Crippen molar-refractivity contribution in [1.29, 1.82) is 0 Å². The lowest BCUT2D eigenvalue weighted by atomic mass is 9.66. The molecule has 2 heteroatoms. The SMILES string of the molecule is CCC(C=O)C1=CC=CC(C)(C)C1(C)O. The summed E-state index contributed by atoms with van der Waals surface area (Å²) in [6.45, 7) is 7.71. The number of hydrogen-bond donors (Lipinski definition) is 1. The minimum atomic E-state index is -0.941. The Kier molecular flexibility index (Phi) is 3.19. The Morgan fingerprint density at radius 1 is 1.47 bits per heavy atom. The molecule has 0 amide bonds. The molecule has 0 aromatic heterocycles. The monoisotopic (exact) mass is 208 g/mol. The molecule has 0 fully saturated rings. The maximum absolute atomic E-state index is 11.0. The van der Waals surface area contributed by atoms with Crippen LogP contribution < -0.4 is 0 Å². The number of allylic oxidation sites excluding steroid dienone is 2. The Morgan fingerprint density at radius 2 is 2.07 bits per heavy atom. The molecular formula is C13H20O2. The Morgan fingerprint density at radius 3 is 2.53 bits per heavy atom. The van der Waals surface area contributed by atoms with E-state index in [9.17, 15) is 9.90 Å². The van der Waals surface area contributed by atoms with Crippen molar-refractivity contribution < 1.29 is 9.90 Å². The smallest absolute Gasteiger partial charge is 0.127 e. The van der Waals surface area contributed by atoms with Gasteiger partial charge in [-0.25, -0.2) is 0 Å². The first-order valence-electron chi connectivity index (χ1n) is 5.44. The van der Waals surface area contributed by atoms with Crippen LogP contribution in [-0.2, 0) is 4.79 Å².